The first-order chi connectivity index (χ1) is 12.3. The average molecular weight is 330 g/mol. The number of nitrogens with one attached hydrogen (secondary N) is 1. The van der Waals surface area contributed by atoms with Gasteiger partial charge in [0.15, 0.2) is 6.07 Å². The highest BCUT2D eigenvalue weighted by molar-refractivity contribution is 5.84. The summed E-state index contributed by atoms with van der Waals surface area (Å²) in [6.45, 7) is 0.506. The van der Waals surface area contributed by atoms with E-state index in [2.05, 4.69) is 29.0 Å². The van der Waals surface area contributed by atoms with Gasteiger partial charge in [0.1, 0.15) is 0 Å². The van der Waals surface area contributed by atoms with Crippen LogP contribution in [0.2, 0.25) is 0 Å². The lowest BCUT2D eigenvalue weighted by atomic mass is 9.89. The van der Waals surface area contributed by atoms with Crippen LogP contribution in [0.25, 0.3) is 0 Å². The summed E-state index contributed by atoms with van der Waals surface area (Å²) in [4.78, 5) is 12.0. The molecule has 0 aromatic heterocycles. The summed E-state index contributed by atoms with van der Waals surface area (Å²) in [6.07, 6.45) is 3.96. The summed E-state index contributed by atoms with van der Waals surface area (Å²) >= 11 is 0. The lowest BCUT2D eigenvalue weighted by molar-refractivity contribution is 0.134. The molecule has 0 bridgehead atoms. The monoisotopic (exact) mass is 330 g/mol. The van der Waals surface area contributed by atoms with Crippen molar-refractivity contribution in [3.8, 4) is 29.8 Å². The highest BCUT2D eigenvalue weighted by Gasteiger charge is 2.84. The fraction of sp³-hybridized carbons (Fsp3) is 0.429. The first kappa shape index (κ1) is 15.6. The van der Waals surface area contributed by atoms with Gasteiger partial charge in [0.25, 0.3) is 0 Å². The van der Waals surface area contributed by atoms with Crippen LogP contribution >= 0.6 is 0 Å². The molecule has 2 saturated carbocycles. The Morgan fingerprint density at radius 2 is 2.12 bits per heavy atom. The first-order valence-electron chi connectivity index (χ1n) is 8.65. The second-order valence-corrected chi connectivity index (χ2v) is 6.91. The molecule has 0 aliphatic heterocycles. The molecule has 4 heteroatoms. The van der Waals surface area contributed by atoms with Crippen molar-refractivity contribution in [3.63, 3.8) is 0 Å². The van der Waals surface area contributed by atoms with E-state index in [9.17, 15) is 4.79 Å². The smallest absolute Gasteiger partial charge is 0.411 e. The Balaban J connectivity index is 1.25. The molecule has 3 aliphatic rings. The summed E-state index contributed by atoms with van der Waals surface area (Å²) in [7, 11) is 0. The first-order valence-corrected chi connectivity index (χ1v) is 8.65. The third-order valence-corrected chi connectivity index (χ3v) is 5.83. The summed E-state index contributed by atoms with van der Waals surface area (Å²) in [5.41, 5.74) is 1.83. The summed E-state index contributed by atoms with van der Waals surface area (Å²) in [6, 6.07) is 8.79. The minimum absolute atomic E-state index is 0.416. The van der Waals surface area contributed by atoms with Crippen LogP contribution in [0.4, 0.5) is 10.5 Å². The van der Waals surface area contributed by atoms with Crippen LogP contribution < -0.4 is 5.32 Å². The number of benzene rings is 1. The van der Waals surface area contributed by atoms with E-state index in [-0.39, 0.29) is 0 Å². The Labute approximate surface area is 147 Å². The molecule has 0 heterocycles. The van der Waals surface area contributed by atoms with Crippen molar-refractivity contribution >= 4 is 11.8 Å². The fourth-order valence-corrected chi connectivity index (χ4v) is 4.57. The van der Waals surface area contributed by atoms with E-state index in [1.165, 1.54) is 6.42 Å². The minimum atomic E-state index is -0.416. The van der Waals surface area contributed by atoms with E-state index in [0.717, 1.165) is 36.7 Å². The summed E-state index contributed by atoms with van der Waals surface area (Å²) in [5, 5.41) is 11.2. The Kier molecular flexibility index (Phi) is 3.87. The zero-order valence-electron chi connectivity index (χ0n) is 13.8. The molecule has 0 saturated heterocycles. The maximum absolute atomic E-state index is 12.0. The Bertz CT molecular complexity index is 860. The standard InChI is InChI=1S/C21H18N2O2/c22-13-5-6-15-8-10-16(11-9-15)23-20(24)25-14-18-19-17-7-3-1-2-4-12-21(17,18)19/h8-11,17-19H,3-4,7,12,14H2,(H,23,24). The van der Waals surface area contributed by atoms with Gasteiger partial charge in [-0.1, -0.05) is 5.92 Å². The van der Waals surface area contributed by atoms with Gasteiger partial charge in [-0.3, -0.25) is 5.32 Å². The van der Waals surface area contributed by atoms with Gasteiger partial charge in [0, 0.05) is 35.9 Å². The quantitative estimate of drug-likeness (QED) is 0.862. The lowest BCUT2D eigenvalue weighted by Gasteiger charge is -2.19. The number of rotatable bonds is 3. The van der Waals surface area contributed by atoms with E-state index in [4.69, 9.17) is 10.00 Å². The zero-order valence-corrected chi connectivity index (χ0v) is 13.8. The van der Waals surface area contributed by atoms with Gasteiger partial charge in [-0.2, -0.15) is 5.26 Å². The largest absolute Gasteiger partial charge is 0.449 e. The second kappa shape index (κ2) is 6.19. The van der Waals surface area contributed by atoms with Gasteiger partial charge >= 0.3 is 6.09 Å². The molecule has 0 radical (unpaired) electrons. The molecule has 4 unspecified atom stereocenters. The fourth-order valence-electron chi connectivity index (χ4n) is 4.57. The molecule has 1 aromatic carbocycles. The number of amides is 1. The zero-order chi connectivity index (χ0) is 17.3. The van der Waals surface area contributed by atoms with Gasteiger partial charge in [0.2, 0.25) is 0 Å². The topological polar surface area (TPSA) is 62.1 Å². The SMILES string of the molecule is N#CC#Cc1ccc(NC(=O)OCC2C3C4CCC#CCCC423)cc1. The Morgan fingerprint density at radius 1 is 1.32 bits per heavy atom. The third kappa shape index (κ3) is 2.84. The molecule has 4 nitrogen and oxygen atoms in total. The second-order valence-electron chi connectivity index (χ2n) is 6.91. The van der Waals surface area contributed by atoms with E-state index >= 15 is 0 Å². The predicted octanol–water partition coefficient (Wildman–Crippen LogP) is 3.55. The number of ether oxygens (including phenoxy) is 1. The van der Waals surface area contributed by atoms with Crippen molar-refractivity contribution < 1.29 is 9.53 Å². The van der Waals surface area contributed by atoms with E-state index in [1.807, 2.05) is 0 Å². The van der Waals surface area contributed by atoms with Crippen LogP contribution in [0.5, 0.6) is 0 Å². The normalized spacial score (nSPS) is 30.3. The highest BCUT2D eigenvalue weighted by atomic mass is 16.5. The van der Waals surface area contributed by atoms with Crippen LogP contribution in [0.3, 0.4) is 0 Å². The van der Waals surface area contributed by atoms with Crippen molar-refractivity contribution in [3.05, 3.63) is 29.8 Å². The van der Waals surface area contributed by atoms with Crippen LogP contribution in [-0.2, 0) is 4.74 Å². The number of hydrogen-bond donors (Lipinski definition) is 1. The number of nitrogens with zero attached hydrogens (tertiary/aromatic N) is 1. The molecule has 1 amide bonds. The van der Waals surface area contributed by atoms with Crippen molar-refractivity contribution in [2.45, 2.75) is 25.7 Å². The van der Waals surface area contributed by atoms with Crippen molar-refractivity contribution in [1.82, 2.24) is 0 Å². The van der Waals surface area contributed by atoms with E-state index in [0.29, 0.717) is 23.6 Å². The third-order valence-electron chi connectivity index (χ3n) is 5.83. The van der Waals surface area contributed by atoms with Crippen LogP contribution in [-0.4, -0.2) is 12.7 Å². The molecule has 25 heavy (non-hydrogen) atoms. The Hall–Kier alpha value is -2.90. The minimum Gasteiger partial charge on any atom is -0.449 e. The number of nitriles is 1. The van der Waals surface area contributed by atoms with E-state index in [1.54, 1.807) is 30.3 Å². The van der Waals surface area contributed by atoms with Crippen molar-refractivity contribution in [1.29, 1.82) is 5.26 Å². The lowest BCUT2D eigenvalue weighted by Crippen LogP contribution is -2.21. The molecular weight excluding hydrogens is 312 g/mol. The van der Waals surface area contributed by atoms with Crippen molar-refractivity contribution in [2.24, 2.45) is 23.2 Å². The molecular formula is C21H18N2O2. The molecule has 2 fully saturated rings. The maximum atomic E-state index is 12.0. The van der Waals surface area contributed by atoms with Gasteiger partial charge in [-0.05, 0) is 54.4 Å². The van der Waals surface area contributed by atoms with Crippen molar-refractivity contribution in [2.75, 3.05) is 11.9 Å². The van der Waals surface area contributed by atoms with Crippen LogP contribution in [0.1, 0.15) is 31.2 Å². The van der Waals surface area contributed by atoms with Gasteiger partial charge in [-0.15, -0.1) is 11.8 Å². The van der Waals surface area contributed by atoms with Gasteiger partial charge < -0.3 is 4.74 Å². The molecule has 124 valence electrons. The molecule has 3 aliphatic carbocycles. The molecule has 1 aromatic rings. The Morgan fingerprint density at radius 3 is 2.92 bits per heavy atom. The molecule has 1 N–H and O–H groups in total. The average Bonchev–Trinajstić information content (AvgIpc) is 3.44. The highest BCUT2D eigenvalue weighted by Crippen LogP contribution is 2.87. The van der Waals surface area contributed by atoms with Gasteiger partial charge in [0.05, 0.1) is 6.61 Å². The van der Waals surface area contributed by atoms with Gasteiger partial charge in [-0.25, -0.2) is 4.79 Å². The van der Waals surface area contributed by atoms with Crippen LogP contribution in [0, 0.1) is 58.2 Å². The number of hydrogen-bond acceptors (Lipinski definition) is 3. The summed E-state index contributed by atoms with van der Waals surface area (Å²) < 4.78 is 5.42. The predicted molar refractivity (Wildman–Crippen MR) is 93.1 cm³/mol. The number of carbonyl (C=O) groups excluding carboxylic acids is 1. The number of anilines is 1. The molecule has 4 rings (SSSR count). The maximum Gasteiger partial charge on any atom is 0.411 e. The molecule has 1 spiro atoms. The number of fused-ring (bicyclic) bond motifs is 1. The number of carbonyl (C=O) groups is 1. The summed E-state index contributed by atoms with van der Waals surface area (Å²) in [5.74, 6) is 13.6. The molecule has 4 atom stereocenters. The van der Waals surface area contributed by atoms with E-state index < -0.39 is 6.09 Å². The van der Waals surface area contributed by atoms with Crippen LogP contribution in [0.15, 0.2) is 24.3 Å².